The molecular weight excluding hydrogens is 546 g/mol. The Hall–Kier alpha value is -4.75. The first-order valence-corrected chi connectivity index (χ1v) is 13.2. The van der Waals surface area contributed by atoms with E-state index in [0.717, 1.165) is 10.9 Å². The first kappa shape index (κ1) is 29.8. The fraction of sp³-hybridized carbons (Fsp3) is 0.333. The van der Waals surface area contributed by atoms with Gasteiger partial charge in [0, 0.05) is 11.4 Å². The van der Waals surface area contributed by atoms with Gasteiger partial charge in [0.25, 0.3) is 11.5 Å². The lowest BCUT2D eigenvalue weighted by molar-refractivity contribution is -0.128. The van der Waals surface area contributed by atoms with E-state index in [2.05, 4.69) is 32.4 Å². The van der Waals surface area contributed by atoms with Crippen molar-refractivity contribution in [1.82, 2.24) is 35.6 Å². The van der Waals surface area contributed by atoms with Gasteiger partial charge in [-0.25, -0.2) is 24.6 Å². The number of aromatic amines is 2. The van der Waals surface area contributed by atoms with Crippen molar-refractivity contribution in [3.05, 3.63) is 51.4 Å². The van der Waals surface area contributed by atoms with E-state index in [9.17, 15) is 28.2 Å². The third kappa shape index (κ3) is 7.88. The Balaban J connectivity index is 1.44. The van der Waals surface area contributed by atoms with Crippen molar-refractivity contribution in [1.29, 1.82) is 0 Å². The van der Waals surface area contributed by atoms with Crippen LogP contribution in [0, 0.1) is 11.8 Å². The number of benzene rings is 1. The molecule has 0 bridgehead atoms. The largest absolute Gasteiger partial charge is 0.481 e. The van der Waals surface area contributed by atoms with E-state index in [-0.39, 0.29) is 30.7 Å². The van der Waals surface area contributed by atoms with E-state index in [1.165, 1.54) is 0 Å². The molecule has 3 aromatic rings. The number of carbonyl (C=O) groups excluding carboxylic acids is 3. The molecule has 0 aliphatic rings. The molecule has 2 unspecified atom stereocenters. The second-order valence-corrected chi connectivity index (χ2v) is 9.81. The fourth-order valence-corrected chi connectivity index (χ4v) is 4.87. The Bertz CT molecular complexity index is 1570. The van der Waals surface area contributed by atoms with Crippen LogP contribution in [0.15, 0.2) is 45.1 Å². The standard InChI is InChI=1S/C24H27N7O8S/c1-2-3-12-39-15-7-9-16(10-8-15)40(38)17(21(33)30-37)6-4-5-11-25-18(32)13-26-24(36)31-14-27-19-20(31)28-23(35)29-22(19)34/h7-10,14,17,37H,4-6,11-13H2,1H3,(H,25,32)(H,26,36)(H,30,33)(H2,28,29,34,35). The van der Waals surface area contributed by atoms with E-state index in [1.807, 2.05) is 4.98 Å². The predicted molar refractivity (Wildman–Crippen MR) is 142 cm³/mol. The van der Waals surface area contributed by atoms with Crippen molar-refractivity contribution in [2.45, 2.75) is 36.3 Å². The number of aromatic nitrogens is 4. The van der Waals surface area contributed by atoms with E-state index in [4.69, 9.17) is 9.94 Å². The molecule has 3 rings (SSSR count). The SMILES string of the molecule is CC#CCOc1ccc(S(=O)C(CCCCNC(=O)CNC(=O)n2cnc3c(=O)[nH]c(=O)[nH]c32)C(=O)NO)cc1. The maximum Gasteiger partial charge on any atom is 0.328 e. The van der Waals surface area contributed by atoms with E-state index >= 15 is 0 Å². The minimum absolute atomic E-state index is 0.114. The number of ether oxygens (including phenoxy) is 1. The number of nitrogens with one attached hydrogen (secondary N) is 5. The van der Waals surface area contributed by atoms with Crippen LogP contribution in [0.4, 0.5) is 4.79 Å². The molecule has 212 valence electrons. The molecule has 0 radical (unpaired) electrons. The first-order chi connectivity index (χ1) is 19.2. The number of hydrogen-bond donors (Lipinski definition) is 6. The molecule has 0 saturated heterocycles. The second kappa shape index (κ2) is 14.4. The lowest BCUT2D eigenvalue weighted by Gasteiger charge is -2.15. The van der Waals surface area contributed by atoms with Gasteiger partial charge in [0.15, 0.2) is 11.2 Å². The summed E-state index contributed by atoms with van der Waals surface area (Å²) in [5.74, 6) is 4.69. The van der Waals surface area contributed by atoms with Gasteiger partial charge in [0.1, 0.15) is 23.9 Å². The number of rotatable bonds is 12. The summed E-state index contributed by atoms with van der Waals surface area (Å²) in [5.41, 5.74) is -0.276. The zero-order valence-corrected chi connectivity index (χ0v) is 22.1. The van der Waals surface area contributed by atoms with Crippen molar-refractivity contribution in [2.75, 3.05) is 19.7 Å². The highest BCUT2D eigenvalue weighted by atomic mass is 32.2. The van der Waals surface area contributed by atoms with Crippen LogP contribution in [0.1, 0.15) is 26.2 Å². The highest BCUT2D eigenvalue weighted by Gasteiger charge is 2.26. The average molecular weight is 574 g/mol. The normalized spacial score (nSPS) is 12.1. The molecule has 0 aliphatic heterocycles. The average Bonchev–Trinajstić information content (AvgIpc) is 3.38. The molecule has 2 aromatic heterocycles. The van der Waals surface area contributed by atoms with E-state index in [1.54, 1.807) is 36.7 Å². The zero-order valence-electron chi connectivity index (χ0n) is 21.3. The minimum atomic E-state index is -1.76. The van der Waals surface area contributed by atoms with Crippen molar-refractivity contribution >= 4 is 39.8 Å². The Morgan fingerprint density at radius 3 is 2.60 bits per heavy atom. The summed E-state index contributed by atoms with van der Waals surface area (Å²) < 4.78 is 19.3. The van der Waals surface area contributed by atoms with Gasteiger partial charge in [-0.05, 0) is 50.5 Å². The number of unbranched alkanes of at least 4 members (excludes halogenated alkanes) is 1. The summed E-state index contributed by atoms with van der Waals surface area (Å²) in [7, 11) is -1.76. The highest BCUT2D eigenvalue weighted by Crippen LogP contribution is 2.20. The van der Waals surface area contributed by atoms with Crippen LogP contribution in [-0.4, -0.2) is 71.7 Å². The van der Waals surface area contributed by atoms with Crippen LogP contribution in [-0.2, 0) is 20.4 Å². The highest BCUT2D eigenvalue weighted by molar-refractivity contribution is 7.86. The number of nitrogens with zero attached hydrogens (tertiary/aromatic N) is 2. The molecule has 0 fully saturated rings. The van der Waals surface area contributed by atoms with Gasteiger partial charge in [-0.15, -0.1) is 5.92 Å². The summed E-state index contributed by atoms with van der Waals surface area (Å²) in [4.78, 5) is 68.3. The maximum absolute atomic E-state index is 13.0. The van der Waals surface area contributed by atoms with Gasteiger partial charge in [-0.1, -0.05) is 5.92 Å². The van der Waals surface area contributed by atoms with E-state index in [0.29, 0.717) is 23.5 Å². The van der Waals surface area contributed by atoms with Crippen LogP contribution in [0.2, 0.25) is 0 Å². The minimum Gasteiger partial charge on any atom is -0.481 e. The van der Waals surface area contributed by atoms with Gasteiger partial charge in [-0.3, -0.25) is 33.8 Å². The number of hydroxylamine groups is 1. The third-order valence-electron chi connectivity index (χ3n) is 5.48. The van der Waals surface area contributed by atoms with Crippen LogP contribution in [0.5, 0.6) is 5.75 Å². The number of H-pyrrole nitrogens is 2. The van der Waals surface area contributed by atoms with E-state index < -0.39 is 51.7 Å². The summed E-state index contributed by atoms with van der Waals surface area (Å²) in [6.45, 7) is 1.72. The summed E-state index contributed by atoms with van der Waals surface area (Å²) in [5, 5.41) is 13.0. The maximum atomic E-state index is 13.0. The molecular formula is C24H27N7O8S. The van der Waals surface area contributed by atoms with Crippen molar-refractivity contribution in [2.24, 2.45) is 0 Å². The quantitative estimate of drug-likeness (QED) is 0.0700. The lowest BCUT2D eigenvalue weighted by Crippen LogP contribution is -2.39. The number of carbonyl (C=O) groups is 3. The fourth-order valence-electron chi connectivity index (χ4n) is 3.51. The van der Waals surface area contributed by atoms with Gasteiger partial charge < -0.3 is 15.4 Å². The van der Waals surface area contributed by atoms with Crippen molar-refractivity contribution in [3.63, 3.8) is 0 Å². The molecule has 0 saturated carbocycles. The Kier molecular flexibility index (Phi) is 10.7. The van der Waals surface area contributed by atoms with Crippen molar-refractivity contribution < 1.29 is 28.5 Å². The Labute approximate surface area is 229 Å². The number of amides is 3. The van der Waals surface area contributed by atoms with Gasteiger partial charge in [0.2, 0.25) is 5.91 Å². The summed E-state index contributed by atoms with van der Waals surface area (Å²) in [6, 6.07) is 5.58. The topological polar surface area (TPSA) is 217 Å². The van der Waals surface area contributed by atoms with Crippen LogP contribution < -0.4 is 32.1 Å². The second-order valence-electron chi connectivity index (χ2n) is 8.17. The first-order valence-electron chi connectivity index (χ1n) is 12.0. The molecule has 40 heavy (non-hydrogen) atoms. The number of hydrogen-bond acceptors (Lipinski definition) is 9. The lowest BCUT2D eigenvalue weighted by atomic mass is 10.2. The van der Waals surface area contributed by atoms with Crippen LogP contribution >= 0.6 is 0 Å². The molecule has 0 aliphatic carbocycles. The zero-order chi connectivity index (χ0) is 29.1. The summed E-state index contributed by atoms with van der Waals surface area (Å²) >= 11 is 0. The molecule has 1 aromatic carbocycles. The van der Waals surface area contributed by atoms with Crippen LogP contribution in [0.3, 0.4) is 0 Å². The Morgan fingerprint density at radius 2 is 1.90 bits per heavy atom. The molecule has 15 nitrogen and oxygen atoms in total. The molecule has 2 atom stereocenters. The number of fused-ring (bicyclic) bond motifs is 1. The summed E-state index contributed by atoms with van der Waals surface area (Å²) in [6.07, 6.45) is 2.03. The molecule has 0 spiro atoms. The molecule has 2 heterocycles. The molecule has 3 amide bonds. The smallest absolute Gasteiger partial charge is 0.328 e. The number of imidazole rings is 1. The van der Waals surface area contributed by atoms with Crippen molar-refractivity contribution in [3.8, 4) is 17.6 Å². The van der Waals surface area contributed by atoms with Gasteiger partial charge in [-0.2, -0.15) is 0 Å². The monoisotopic (exact) mass is 573 g/mol. The predicted octanol–water partition coefficient (Wildman–Crippen LogP) is -0.659. The Morgan fingerprint density at radius 1 is 1.15 bits per heavy atom. The van der Waals surface area contributed by atoms with Gasteiger partial charge in [0.05, 0.1) is 17.3 Å². The van der Waals surface area contributed by atoms with Crippen LogP contribution in [0.25, 0.3) is 11.2 Å². The molecule has 16 heteroatoms. The van der Waals surface area contributed by atoms with Gasteiger partial charge >= 0.3 is 11.7 Å². The molecule has 6 N–H and O–H groups in total. The third-order valence-corrected chi connectivity index (χ3v) is 7.18.